The maximum Gasteiger partial charge on any atom is 0.264 e. The van der Waals surface area contributed by atoms with E-state index in [4.69, 9.17) is 14.2 Å². The Morgan fingerprint density at radius 3 is 2.49 bits per heavy atom. The summed E-state index contributed by atoms with van der Waals surface area (Å²) >= 11 is 0. The summed E-state index contributed by atoms with van der Waals surface area (Å²) in [5.41, 5.74) is 3.37. The molecule has 0 saturated carbocycles. The van der Waals surface area contributed by atoms with E-state index in [1.807, 2.05) is 67.6 Å². The summed E-state index contributed by atoms with van der Waals surface area (Å²) in [5.74, 6) is 1.96. The van der Waals surface area contributed by atoms with Crippen molar-refractivity contribution >= 4 is 17.5 Å². The molecule has 1 heterocycles. The summed E-state index contributed by atoms with van der Waals surface area (Å²) < 4.78 is 16.5. The van der Waals surface area contributed by atoms with Crippen LogP contribution in [0.15, 0.2) is 66.7 Å². The lowest BCUT2D eigenvalue weighted by molar-refractivity contribution is -0.139. The Bertz CT molecular complexity index is 1190. The minimum absolute atomic E-state index is 0.0527. The number of methoxy groups -OCH3 is 2. The highest BCUT2D eigenvalue weighted by atomic mass is 16.5. The van der Waals surface area contributed by atoms with E-state index in [1.54, 1.807) is 25.2 Å². The molecular weight excluding hydrogens is 444 g/mol. The molecule has 7 heteroatoms. The second kappa shape index (κ2) is 11.0. The molecule has 0 unspecified atom stereocenters. The molecule has 0 bridgehead atoms. The van der Waals surface area contributed by atoms with E-state index >= 15 is 0 Å². The monoisotopic (exact) mass is 474 g/mol. The van der Waals surface area contributed by atoms with E-state index in [0.29, 0.717) is 36.7 Å². The third-order valence-electron chi connectivity index (χ3n) is 5.96. The van der Waals surface area contributed by atoms with Gasteiger partial charge in [-0.3, -0.25) is 9.59 Å². The van der Waals surface area contributed by atoms with Crippen molar-refractivity contribution in [3.63, 3.8) is 0 Å². The Balaban J connectivity index is 1.51. The normalized spacial score (nSPS) is 15.0. The van der Waals surface area contributed by atoms with Crippen molar-refractivity contribution in [1.82, 2.24) is 4.90 Å². The molecule has 0 fully saturated rings. The first-order valence-electron chi connectivity index (χ1n) is 11.6. The summed E-state index contributed by atoms with van der Waals surface area (Å²) in [4.78, 5) is 27.7. The highest BCUT2D eigenvalue weighted by molar-refractivity contribution is 5.92. The van der Waals surface area contributed by atoms with Crippen LogP contribution in [0, 0.1) is 0 Å². The van der Waals surface area contributed by atoms with Gasteiger partial charge < -0.3 is 24.4 Å². The van der Waals surface area contributed by atoms with E-state index < -0.39 is 6.10 Å². The molecule has 1 aliphatic heterocycles. The van der Waals surface area contributed by atoms with Crippen molar-refractivity contribution in [3.05, 3.63) is 83.4 Å². The van der Waals surface area contributed by atoms with Gasteiger partial charge in [0, 0.05) is 24.3 Å². The van der Waals surface area contributed by atoms with E-state index in [-0.39, 0.29) is 18.2 Å². The maximum absolute atomic E-state index is 13.2. The van der Waals surface area contributed by atoms with E-state index in [1.165, 1.54) is 0 Å². The first-order valence-corrected chi connectivity index (χ1v) is 11.6. The zero-order valence-electron chi connectivity index (χ0n) is 20.2. The third kappa shape index (κ3) is 5.93. The van der Waals surface area contributed by atoms with E-state index in [9.17, 15) is 9.59 Å². The first-order chi connectivity index (χ1) is 17.0. The molecule has 0 aromatic heterocycles. The Hall–Kier alpha value is -4.00. The van der Waals surface area contributed by atoms with Crippen LogP contribution in [-0.2, 0) is 29.1 Å². The molecule has 182 valence electrons. The fourth-order valence-corrected chi connectivity index (χ4v) is 4.10. The molecule has 4 rings (SSSR count). The number of anilines is 1. The number of hydrogen-bond acceptors (Lipinski definition) is 5. The minimum Gasteiger partial charge on any atom is -0.497 e. The number of nitrogens with zero attached hydrogens (tertiary/aromatic N) is 1. The van der Waals surface area contributed by atoms with Crippen LogP contribution < -0.4 is 19.5 Å². The predicted octanol–water partition coefficient (Wildman–Crippen LogP) is 4.58. The lowest BCUT2D eigenvalue weighted by atomic mass is 10.1. The van der Waals surface area contributed by atoms with Gasteiger partial charge in [-0.25, -0.2) is 0 Å². The van der Waals surface area contributed by atoms with Gasteiger partial charge in [0.15, 0.2) is 6.10 Å². The van der Waals surface area contributed by atoms with Gasteiger partial charge >= 0.3 is 0 Å². The number of rotatable bonds is 8. The topological polar surface area (TPSA) is 77.1 Å². The maximum atomic E-state index is 13.2. The molecule has 1 aliphatic rings. The summed E-state index contributed by atoms with van der Waals surface area (Å²) in [6.45, 7) is 2.77. The highest BCUT2D eigenvalue weighted by Gasteiger charge is 2.30. The standard InChI is InChI=1S/C28H30N2O5/c1-4-25-28(32)30(17-19-8-11-23(33-2)12-9-19)18-21-16-22(10-13-26(21)35-25)29-27(31)15-20-6-5-7-24(14-20)34-3/h5-14,16,25H,4,15,17-18H2,1-3H3,(H,29,31)/t25-/m0/s1. The van der Waals surface area contributed by atoms with Crippen LogP contribution in [0.1, 0.15) is 30.0 Å². The van der Waals surface area contributed by atoms with Gasteiger partial charge in [0.05, 0.1) is 20.6 Å². The van der Waals surface area contributed by atoms with E-state index in [2.05, 4.69) is 5.32 Å². The minimum atomic E-state index is -0.553. The Morgan fingerprint density at radius 1 is 1.00 bits per heavy atom. The van der Waals surface area contributed by atoms with Gasteiger partial charge in [-0.05, 0) is 60.0 Å². The number of amides is 2. The molecule has 7 nitrogen and oxygen atoms in total. The fourth-order valence-electron chi connectivity index (χ4n) is 4.10. The van der Waals surface area contributed by atoms with Gasteiger partial charge in [0.25, 0.3) is 5.91 Å². The van der Waals surface area contributed by atoms with Crippen LogP contribution >= 0.6 is 0 Å². The fraction of sp³-hybridized carbons (Fsp3) is 0.286. The SMILES string of the molecule is CC[C@@H]1Oc2ccc(NC(=O)Cc3cccc(OC)c3)cc2CN(Cc2ccc(OC)cc2)C1=O. The number of carbonyl (C=O) groups excluding carboxylic acids is 2. The summed E-state index contributed by atoms with van der Waals surface area (Å²) in [7, 11) is 3.23. The van der Waals surface area contributed by atoms with Gasteiger partial charge in [-0.15, -0.1) is 0 Å². The average Bonchev–Trinajstić information content (AvgIpc) is 3.00. The number of ether oxygens (including phenoxy) is 3. The summed E-state index contributed by atoms with van der Waals surface area (Å²) in [6, 6.07) is 20.6. The third-order valence-corrected chi connectivity index (χ3v) is 5.96. The second-order valence-corrected chi connectivity index (χ2v) is 8.46. The molecule has 0 radical (unpaired) electrons. The Morgan fingerprint density at radius 2 is 1.77 bits per heavy atom. The van der Waals surface area contributed by atoms with Crippen LogP contribution in [0.2, 0.25) is 0 Å². The van der Waals surface area contributed by atoms with Gasteiger partial charge in [0.2, 0.25) is 5.91 Å². The number of nitrogens with one attached hydrogen (secondary N) is 1. The zero-order valence-corrected chi connectivity index (χ0v) is 20.2. The molecule has 3 aromatic rings. The Kier molecular flexibility index (Phi) is 7.55. The van der Waals surface area contributed by atoms with Crippen molar-refractivity contribution < 1.29 is 23.8 Å². The molecule has 3 aromatic carbocycles. The van der Waals surface area contributed by atoms with Gasteiger partial charge in [-0.2, -0.15) is 0 Å². The van der Waals surface area contributed by atoms with Crippen LogP contribution in [-0.4, -0.2) is 37.0 Å². The quantitative estimate of drug-likeness (QED) is 0.517. The summed E-state index contributed by atoms with van der Waals surface area (Å²) in [5, 5.41) is 2.96. The molecule has 0 spiro atoms. The molecule has 1 N–H and O–H groups in total. The van der Waals surface area contributed by atoms with Crippen LogP contribution in [0.4, 0.5) is 5.69 Å². The highest BCUT2D eigenvalue weighted by Crippen LogP contribution is 2.30. The van der Waals surface area contributed by atoms with Crippen molar-refractivity contribution in [1.29, 1.82) is 0 Å². The number of fused-ring (bicyclic) bond motifs is 1. The van der Waals surface area contributed by atoms with Crippen molar-refractivity contribution in [2.45, 2.75) is 39.0 Å². The number of benzene rings is 3. The molecule has 0 saturated heterocycles. The summed E-state index contributed by atoms with van der Waals surface area (Å²) in [6.07, 6.45) is 0.240. The van der Waals surface area contributed by atoms with Gasteiger partial charge in [0.1, 0.15) is 17.2 Å². The number of carbonyl (C=O) groups is 2. The lowest BCUT2D eigenvalue weighted by Gasteiger charge is -2.23. The predicted molar refractivity (Wildman–Crippen MR) is 134 cm³/mol. The van der Waals surface area contributed by atoms with Crippen LogP contribution in [0.5, 0.6) is 17.2 Å². The van der Waals surface area contributed by atoms with Crippen molar-refractivity contribution in [2.24, 2.45) is 0 Å². The molecule has 1 atom stereocenters. The smallest absolute Gasteiger partial charge is 0.264 e. The molecule has 0 aliphatic carbocycles. The molecule has 35 heavy (non-hydrogen) atoms. The van der Waals surface area contributed by atoms with E-state index in [0.717, 1.165) is 22.4 Å². The average molecular weight is 475 g/mol. The van der Waals surface area contributed by atoms with Crippen molar-refractivity contribution in [3.8, 4) is 17.2 Å². The molecule has 2 amide bonds. The zero-order chi connectivity index (χ0) is 24.8. The number of hydrogen-bond donors (Lipinski definition) is 1. The largest absolute Gasteiger partial charge is 0.497 e. The second-order valence-electron chi connectivity index (χ2n) is 8.46. The lowest BCUT2D eigenvalue weighted by Crippen LogP contribution is -2.38. The first kappa shape index (κ1) is 24.1. The molecular formula is C28H30N2O5. The Labute approximate surface area is 205 Å². The van der Waals surface area contributed by atoms with Crippen molar-refractivity contribution in [2.75, 3.05) is 19.5 Å². The van der Waals surface area contributed by atoms with Gasteiger partial charge in [-0.1, -0.05) is 31.2 Å². The van der Waals surface area contributed by atoms with Crippen LogP contribution in [0.25, 0.3) is 0 Å². The van der Waals surface area contributed by atoms with Crippen LogP contribution in [0.3, 0.4) is 0 Å².